The smallest absolute Gasteiger partial charge is 0.0861 e. The van der Waals surface area contributed by atoms with E-state index in [4.69, 9.17) is 0 Å². The fourth-order valence-corrected chi connectivity index (χ4v) is 1.87. The summed E-state index contributed by atoms with van der Waals surface area (Å²) in [7, 11) is 0. The molecule has 0 nitrogen and oxygen atoms in total. The topological polar surface area (TPSA) is 0 Å². The first-order valence-electron chi connectivity index (χ1n) is 4.25. The predicted molar refractivity (Wildman–Crippen MR) is 44.2 cm³/mol. The van der Waals surface area contributed by atoms with Gasteiger partial charge in [0, 0.05) is 0 Å². The summed E-state index contributed by atoms with van der Waals surface area (Å²) in [5, 5.41) is 0. The van der Waals surface area contributed by atoms with Crippen LogP contribution in [0.25, 0.3) is 0 Å². The second-order valence-corrected chi connectivity index (χ2v) is 3.65. The average molecular weight is 124 g/mol. The van der Waals surface area contributed by atoms with E-state index in [1.807, 2.05) is 0 Å². The van der Waals surface area contributed by atoms with Crippen LogP contribution in [0.1, 0.15) is 26.2 Å². The molecule has 1 atom stereocenters. The Morgan fingerprint density at radius 3 is 2.11 bits per heavy atom. The van der Waals surface area contributed by atoms with Crippen molar-refractivity contribution in [2.75, 3.05) is 0 Å². The largest absolute Gasteiger partial charge is 0.137 e. The standard InChI is InChI=1S/C8H17B/c1-4-8(9(2)3)7-5-6-7/h7-8H,4-6H2,1-3H3. The van der Waals surface area contributed by atoms with Crippen molar-refractivity contribution in [1.82, 2.24) is 0 Å². The second kappa shape index (κ2) is 2.77. The molecule has 1 rings (SSSR count). The molecule has 1 fully saturated rings. The van der Waals surface area contributed by atoms with Gasteiger partial charge in [0.05, 0.1) is 0 Å². The van der Waals surface area contributed by atoms with E-state index in [1.165, 1.54) is 19.3 Å². The van der Waals surface area contributed by atoms with Gasteiger partial charge in [-0.3, -0.25) is 0 Å². The molecule has 0 N–H and O–H groups in total. The highest BCUT2D eigenvalue weighted by atomic mass is 14.3. The van der Waals surface area contributed by atoms with Crippen LogP contribution in [0.15, 0.2) is 0 Å². The van der Waals surface area contributed by atoms with E-state index in [9.17, 15) is 0 Å². The highest BCUT2D eigenvalue weighted by Gasteiger charge is 2.32. The molecule has 1 saturated carbocycles. The third kappa shape index (κ3) is 1.74. The maximum absolute atomic E-state index is 2.35. The van der Waals surface area contributed by atoms with Gasteiger partial charge < -0.3 is 0 Å². The van der Waals surface area contributed by atoms with Gasteiger partial charge in [0.25, 0.3) is 0 Å². The van der Waals surface area contributed by atoms with Crippen molar-refractivity contribution in [2.45, 2.75) is 45.6 Å². The van der Waals surface area contributed by atoms with E-state index in [0.717, 1.165) is 18.4 Å². The molecule has 1 heteroatoms. The number of hydrogen-bond donors (Lipinski definition) is 0. The van der Waals surface area contributed by atoms with E-state index in [1.54, 1.807) is 0 Å². The molecule has 9 heavy (non-hydrogen) atoms. The quantitative estimate of drug-likeness (QED) is 0.507. The van der Waals surface area contributed by atoms with Crippen LogP contribution in [-0.2, 0) is 0 Å². The molecule has 0 aromatic rings. The molecule has 0 heterocycles. The summed E-state index contributed by atoms with van der Waals surface area (Å²) in [6.07, 6.45) is 4.41. The minimum Gasteiger partial charge on any atom is -0.0861 e. The van der Waals surface area contributed by atoms with Crippen LogP contribution >= 0.6 is 0 Å². The van der Waals surface area contributed by atoms with Crippen LogP contribution < -0.4 is 0 Å². The van der Waals surface area contributed by atoms with Crippen molar-refractivity contribution < 1.29 is 0 Å². The summed E-state index contributed by atoms with van der Waals surface area (Å²) in [5.41, 5.74) is 0. The maximum atomic E-state index is 2.35. The van der Waals surface area contributed by atoms with Gasteiger partial charge in [-0.1, -0.05) is 45.6 Å². The highest BCUT2D eigenvalue weighted by Crippen LogP contribution is 2.43. The first-order chi connectivity index (χ1) is 4.25. The third-order valence-corrected chi connectivity index (χ3v) is 2.56. The van der Waals surface area contributed by atoms with Gasteiger partial charge >= 0.3 is 0 Å². The summed E-state index contributed by atoms with van der Waals surface area (Å²) in [5.74, 6) is 2.14. The SMILES string of the molecule is CCC(B(C)C)C1CC1. The Kier molecular flexibility index (Phi) is 2.20. The van der Waals surface area contributed by atoms with Crippen LogP contribution in [0, 0.1) is 5.92 Å². The van der Waals surface area contributed by atoms with Gasteiger partial charge in [-0.15, -0.1) is 0 Å². The molecule has 0 spiro atoms. The van der Waals surface area contributed by atoms with Crippen LogP contribution in [0.2, 0.25) is 19.5 Å². The van der Waals surface area contributed by atoms with Gasteiger partial charge in [-0.05, 0) is 5.92 Å². The fraction of sp³-hybridized carbons (Fsp3) is 1.00. The monoisotopic (exact) mass is 124 g/mol. The van der Waals surface area contributed by atoms with Gasteiger partial charge in [0.1, 0.15) is 6.71 Å². The zero-order valence-corrected chi connectivity index (χ0v) is 6.85. The fourth-order valence-electron chi connectivity index (χ4n) is 1.87. The summed E-state index contributed by atoms with van der Waals surface area (Å²) < 4.78 is 0. The Morgan fingerprint density at radius 2 is 2.00 bits per heavy atom. The summed E-state index contributed by atoms with van der Waals surface area (Å²) in [4.78, 5) is 0. The average Bonchev–Trinajstić information content (AvgIpc) is 2.50. The molecule has 0 amide bonds. The molecular formula is C8H17B. The molecular weight excluding hydrogens is 107 g/mol. The minimum absolute atomic E-state index is 0.919. The summed E-state index contributed by atoms with van der Waals surface area (Å²) in [6.45, 7) is 7.95. The lowest BCUT2D eigenvalue weighted by Gasteiger charge is -2.14. The summed E-state index contributed by atoms with van der Waals surface area (Å²) in [6, 6.07) is 0. The lowest BCUT2D eigenvalue weighted by atomic mass is 9.43. The Labute approximate surface area is 59.1 Å². The molecule has 0 aliphatic heterocycles. The molecule has 1 aliphatic carbocycles. The van der Waals surface area contributed by atoms with E-state index in [-0.39, 0.29) is 0 Å². The van der Waals surface area contributed by atoms with Crippen molar-refractivity contribution in [3.63, 3.8) is 0 Å². The predicted octanol–water partition coefficient (Wildman–Crippen LogP) is 2.93. The first kappa shape index (κ1) is 7.18. The zero-order valence-electron chi connectivity index (χ0n) is 6.85. The Bertz CT molecular complexity index is 82.6. The van der Waals surface area contributed by atoms with Crippen molar-refractivity contribution >= 4 is 6.71 Å². The number of rotatable bonds is 3. The minimum atomic E-state index is 0.919. The van der Waals surface area contributed by atoms with Gasteiger partial charge in [0.15, 0.2) is 0 Å². The Morgan fingerprint density at radius 1 is 1.44 bits per heavy atom. The molecule has 0 aromatic carbocycles. The van der Waals surface area contributed by atoms with Crippen molar-refractivity contribution in [1.29, 1.82) is 0 Å². The molecule has 52 valence electrons. The lowest BCUT2D eigenvalue weighted by molar-refractivity contribution is 0.689. The van der Waals surface area contributed by atoms with Gasteiger partial charge in [-0.25, -0.2) is 0 Å². The van der Waals surface area contributed by atoms with Crippen molar-refractivity contribution in [3.8, 4) is 0 Å². The summed E-state index contributed by atoms with van der Waals surface area (Å²) >= 11 is 0. The maximum Gasteiger partial charge on any atom is 0.137 e. The van der Waals surface area contributed by atoms with Crippen LogP contribution in [-0.4, -0.2) is 6.71 Å². The Balaban J connectivity index is 2.28. The lowest BCUT2D eigenvalue weighted by Crippen LogP contribution is -2.12. The molecule has 1 unspecified atom stereocenters. The third-order valence-electron chi connectivity index (χ3n) is 2.56. The molecule has 0 aromatic heterocycles. The number of hydrogen-bond acceptors (Lipinski definition) is 0. The first-order valence-corrected chi connectivity index (χ1v) is 4.25. The van der Waals surface area contributed by atoms with E-state index in [0.29, 0.717) is 0 Å². The van der Waals surface area contributed by atoms with E-state index >= 15 is 0 Å². The molecule has 0 saturated heterocycles. The van der Waals surface area contributed by atoms with Crippen molar-refractivity contribution in [2.24, 2.45) is 5.92 Å². The van der Waals surface area contributed by atoms with Crippen LogP contribution in [0.5, 0.6) is 0 Å². The van der Waals surface area contributed by atoms with Crippen molar-refractivity contribution in [3.05, 3.63) is 0 Å². The van der Waals surface area contributed by atoms with Crippen LogP contribution in [0.3, 0.4) is 0 Å². The van der Waals surface area contributed by atoms with Gasteiger partial charge in [-0.2, -0.15) is 0 Å². The Hall–Kier alpha value is 0.0649. The zero-order chi connectivity index (χ0) is 6.85. The highest BCUT2D eigenvalue weighted by molar-refractivity contribution is 6.57. The second-order valence-electron chi connectivity index (χ2n) is 3.65. The van der Waals surface area contributed by atoms with Crippen LogP contribution in [0.4, 0.5) is 0 Å². The van der Waals surface area contributed by atoms with Gasteiger partial charge in [0.2, 0.25) is 0 Å². The van der Waals surface area contributed by atoms with E-state index < -0.39 is 0 Å². The van der Waals surface area contributed by atoms with E-state index in [2.05, 4.69) is 20.6 Å². The normalized spacial score (nSPS) is 21.7. The molecule has 0 bridgehead atoms. The molecule has 1 aliphatic rings. The molecule has 0 radical (unpaired) electrons.